The van der Waals surface area contributed by atoms with Crippen LogP contribution in [-0.4, -0.2) is 17.6 Å². The zero-order valence-electron chi connectivity index (χ0n) is 10.6. The molecule has 0 radical (unpaired) electrons. The molecule has 17 heavy (non-hydrogen) atoms. The SMILES string of the molecule is CC(C)C(C)SCCOc1ccc(C#N)cc1. The molecule has 0 aromatic heterocycles. The molecule has 1 aromatic carbocycles. The van der Waals surface area contributed by atoms with E-state index >= 15 is 0 Å². The van der Waals surface area contributed by atoms with Crippen molar-refractivity contribution in [3.8, 4) is 11.8 Å². The average molecular weight is 249 g/mol. The van der Waals surface area contributed by atoms with E-state index in [4.69, 9.17) is 10.00 Å². The maximum Gasteiger partial charge on any atom is 0.119 e. The third-order valence-corrected chi connectivity index (χ3v) is 4.13. The Hall–Kier alpha value is -1.14. The molecule has 0 bridgehead atoms. The Morgan fingerprint density at radius 1 is 1.24 bits per heavy atom. The second kappa shape index (κ2) is 7.24. The summed E-state index contributed by atoms with van der Waals surface area (Å²) in [5.74, 6) is 2.54. The number of ether oxygens (including phenoxy) is 1. The van der Waals surface area contributed by atoms with Crippen molar-refractivity contribution in [3.63, 3.8) is 0 Å². The molecular weight excluding hydrogens is 230 g/mol. The normalized spacial score (nSPS) is 12.2. The first-order chi connectivity index (χ1) is 8.13. The summed E-state index contributed by atoms with van der Waals surface area (Å²) in [6.45, 7) is 7.43. The molecule has 0 heterocycles. The first-order valence-electron chi connectivity index (χ1n) is 5.88. The average Bonchev–Trinajstić information content (AvgIpc) is 2.35. The van der Waals surface area contributed by atoms with Crippen LogP contribution in [0.4, 0.5) is 0 Å². The molecule has 0 amide bonds. The molecule has 0 fully saturated rings. The van der Waals surface area contributed by atoms with Gasteiger partial charge in [0.05, 0.1) is 18.2 Å². The molecule has 0 spiro atoms. The van der Waals surface area contributed by atoms with Gasteiger partial charge in [-0.05, 0) is 30.2 Å². The molecule has 3 heteroatoms. The van der Waals surface area contributed by atoms with Gasteiger partial charge in [-0.1, -0.05) is 20.8 Å². The van der Waals surface area contributed by atoms with Crippen LogP contribution in [-0.2, 0) is 0 Å². The van der Waals surface area contributed by atoms with Gasteiger partial charge in [-0.2, -0.15) is 17.0 Å². The van der Waals surface area contributed by atoms with Crippen LogP contribution < -0.4 is 4.74 Å². The van der Waals surface area contributed by atoms with Crippen LogP contribution in [0, 0.1) is 17.2 Å². The Morgan fingerprint density at radius 3 is 2.41 bits per heavy atom. The Morgan fingerprint density at radius 2 is 1.88 bits per heavy atom. The van der Waals surface area contributed by atoms with Gasteiger partial charge in [-0.15, -0.1) is 0 Å². The van der Waals surface area contributed by atoms with Gasteiger partial charge in [-0.25, -0.2) is 0 Å². The van der Waals surface area contributed by atoms with Gasteiger partial charge in [0.15, 0.2) is 0 Å². The molecule has 0 saturated heterocycles. The third-order valence-electron chi connectivity index (χ3n) is 2.66. The van der Waals surface area contributed by atoms with Crippen LogP contribution in [0.3, 0.4) is 0 Å². The van der Waals surface area contributed by atoms with Crippen LogP contribution in [0.5, 0.6) is 5.75 Å². The van der Waals surface area contributed by atoms with E-state index in [0.717, 1.165) is 11.5 Å². The fourth-order valence-corrected chi connectivity index (χ4v) is 2.15. The maximum atomic E-state index is 8.66. The van der Waals surface area contributed by atoms with Gasteiger partial charge in [0.1, 0.15) is 5.75 Å². The maximum absolute atomic E-state index is 8.66. The van der Waals surface area contributed by atoms with Crippen molar-refractivity contribution in [2.75, 3.05) is 12.4 Å². The molecule has 1 aromatic rings. The topological polar surface area (TPSA) is 33.0 Å². The summed E-state index contributed by atoms with van der Waals surface area (Å²) in [5, 5.41) is 9.33. The quantitative estimate of drug-likeness (QED) is 0.720. The van der Waals surface area contributed by atoms with E-state index in [1.165, 1.54) is 0 Å². The molecule has 1 atom stereocenters. The third kappa shape index (κ3) is 5.14. The van der Waals surface area contributed by atoms with Crippen LogP contribution in [0.2, 0.25) is 0 Å². The van der Waals surface area contributed by atoms with Crippen molar-refractivity contribution in [2.45, 2.75) is 26.0 Å². The lowest BCUT2D eigenvalue weighted by Crippen LogP contribution is -2.09. The highest BCUT2D eigenvalue weighted by Gasteiger charge is 2.06. The Labute approximate surface area is 108 Å². The summed E-state index contributed by atoms with van der Waals surface area (Å²) in [4.78, 5) is 0. The van der Waals surface area contributed by atoms with Crippen molar-refractivity contribution in [1.82, 2.24) is 0 Å². The lowest BCUT2D eigenvalue weighted by molar-refractivity contribution is 0.343. The summed E-state index contributed by atoms with van der Waals surface area (Å²) in [7, 11) is 0. The summed E-state index contributed by atoms with van der Waals surface area (Å²) in [6.07, 6.45) is 0. The summed E-state index contributed by atoms with van der Waals surface area (Å²) < 4.78 is 5.61. The van der Waals surface area contributed by atoms with Crippen LogP contribution in [0.1, 0.15) is 26.3 Å². The number of rotatable bonds is 6. The highest BCUT2D eigenvalue weighted by atomic mass is 32.2. The summed E-state index contributed by atoms with van der Waals surface area (Å²) in [6, 6.07) is 9.33. The zero-order chi connectivity index (χ0) is 12.7. The van der Waals surface area contributed by atoms with E-state index in [-0.39, 0.29) is 0 Å². The minimum absolute atomic E-state index is 0.666. The van der Waals surface area contributed by atoms with Crippen LogP contribution >= 0.6 is 11.8 Å². The molecule has 0 aliphatic heterocycles. The van der Waals surface area contributed by atoms with Gasteiger partial charge in [0, 0.05) is 11.0 Å². The largest absolute Gasteiger partial charge is 0.493 e. The van der Waals surface area contributed by atoms with E-state index < -0.39 is 0 Å². The molecular formula is C14H19NOS. The standard InChI is InChI=1S/C14H19NOS/c1-11(2)12(3)17-9-8-16-14-6-4-13(10-15)5-7-14/h4-7,11-12H,8-9H2,1-3H3. The number of hydrogen-bond donors (Lipinski definition) is 0. The Bertz CT molecular complexity index is 367. The number of thioether (sulfide) groups is 1. The molecule has 0 N–H and O–H groups in total. The minimum Gasteiger partial charge on any atom is -0.493 e. The molecule has 1 rings (SSSR count). The van der Waals surface area contributed by atoms with Gasteiger partial charge >= 0.3 is 0 Å². The number of nitrogens with zero attached hydrogens (tertiary/aromatic N) is 1. The number of hydrogen-bond acceptors (Lipinski definition) is 3. The first-order valence-corrected chi connectivity index (χ1v) is 6.93. The van der Waals surface area contributed by atoms with Gasteiger partial charge in [0.25, 0.3) is 0 Å². The smallest absolute Gasteiger partial charge is 0.119 e. The van der Waals surface area contributed by atoms with Crippen LogP contribution in [0.15, 0.2) is 24.3 Å². The Balaban J connectivity index is 2.24. The molecule has 0 aliphatic rings. The van der Waals surface area contributed by atoms with Crippen molar-refractivity contribution < 1.29 is 4.74 Å². The van der Waals surface area contributed by atoms with Crippen molar-refractivity contribution >= 4 is 11.8 Å². The van der Waals surface area contributed by atoms with Crippen molar-refractivity contribution in [3.05, 3.63) is 29.8 Å². The summed E-state index contributed by atoms with van der Waals surface area (Å²) in [5.41, 5.74) is 0.667. The van der Waals surface area contributed by atoms with E-state index in [9.17, 15) is 0 Å². The second-order valence-electron chi connectivity index (χ2n) is 4.30. The van der Waals surface area contributed by atoms with Crippen molar-refractivity contribution in [2.24, 2.45) is 5.92 Å². The number of benzene rings is 1. The lowest BCUT2D eigenvalue weighted by Gasteiger charge is -2.14. The van der Waals surface area contributed by atoms with Crippen molar-refractivity contribution in [1.29, 1.82) is 5.26 Å². The predicted octanol–water partition coefficient (Wildman–Crippen LogP) is 3.71. The highest BCUT2D eigenvalue weighted by molar-refractivity contribution is 7.99. The molecule has 1 unspecified atom stereocenters. The fourth-order valence-electron chi connectivity index (χ4n) is 1.21. The highest BCUT2D eigenvalue weighted by Crippen LogP contribution is 2.19. The number of nitriles is 1. The predicted molar refractivity (Wildman–Crippen MR) is 73.4 cm³/mol. The van der Waals surface area contributed by atoms with Gasteiger partial charge in [0.2, 0.25) is 0 Å². The molecule has 92 valence electrons. The fraction of sp³-hybridized carbons (Fsp3) is 0.500. The van der Waals surface area contributed by atoms with E-state index in [1.54, 1.807) is 12.1 Å². The minimum atomic E-state index is 0.666. The van der Waals surface area contributed by atoms with E-state index in [2.05, 4.69) is 26.8 Å². The molecule has 0 saturated carbocycles. The van der Waals surface area contributed by atoms with Crippen LogP contribution in [0.25, 0.3) is 0 Å². The van der Waals surface area contributed by atoms with E-state index in [0.29, 0.717) is 23.3 Å². The second-order valence-corrected chi connectivity index (χ2v) is 5.79. The molecule has 2 nitrogen and oxygen atoms in total. The summed E-state index contributed by atoms with van der Waals surface area (Å²) >= 11 is 1.93. The lowest BCUT2D eigenvalue weighted by atomic mass is 10.2. The van der Waals surface area contributed by atoms with Gasteiger partial charge in [-0.3, -0.25) is 0 Å². The molecule has 0 aliphatic carbocycles. The zero-order valence-corrected chi connectivity index (χ0v) is 11.5. The van der Waals surface area contributed by atoms with E-state index in [1.807, 2.05) is 23.9 Å². The Kier molecular flexibility index (Phi) is 5.93. The monoisotopic (exact) mass is 249 g/mol. The van der Waals surface area contributed by atoms with Gasteiger partial charge < -0.3 is 4.74 Å². The first kappa shape index (κ1) is 13.9.